The first-order valence-corrected chi connectivity index (χ1v) is 8.43. The van der Waals surface area contributed by atoms with Crippen molar-refractivity contribution in [2.75, 3.05) is 6.54 Å². The number of nitrogens with zero attached hydrogens (tertiary/aromatic N) is 1. The molecule has 2 amide bonds. The van der Waals surface area contributed by atoms with Crippen LogP contribution in [-0.4, -0.2) is 40.5 Å². The van der Waals surface area contributed by atoms with Crippen molar-refractivity contribution >= 4 is 11.8 Å². The van der Waals surface area contributed by atoms with Gasteiger partial charge in [0.15, 0.2) is 5.76 Å². The van der Waals surface area contributed by atoms with E-state index in [-0.39, 0.29) is 17.6 Å². The molecule has 25 heavy (non-hydrogen) atoms. The van der Waals surface area contributed by atoms with E-state index in [1.54, 1.807) is 24.0 Å². The number of aliphatic hydroxyl groups excluding tert-OH is 1. The lowest BCUT2D eigenvalue weighted by Gasteiger charge is -2.35. The van der Waals surface area contributed by atoms with Crippen LogP contribution >= 0.6 is 0 Å². The van der Waals surface area contributed by atoms with E-state index in [2.05, 4.69) is 5.32 Å². The lowest BCUT2D eigenvalue weighted by atomic mass is 9.93. The molecule has 0 saturated heterocycles. The van der Waals surface area contributed by atoms with Gasteiger partial charge in [0.2, 0.25) is 5.91 Å². The Kier molecular flexibility index (Phi) is 5.19. The molecular weight excluding hydrogens is 320 g/mol. The zero-order valence-corrected chi connectivity index (χ0v) is 14.1. The second kappa shape index (κ2) is 7.53. The highest BCUT2D eigenvalue weighted by molar-refractivity contribution is 5.96. The molecular formula is C19H22N2O4. The number of hydrogen-bond donors (Lipinski definition) is 2. The van der Waals surface area contributed by atoms with Crippen molar-refractivity contribution in [2.45, 2.75) is 38.5 Å². The molecule has 1 aromatic heterocycles. The maximum atomic E-state index is 12.8. The van der Waals surface area contributed by atoms with Gasteiger partial charge >= 0.3 is 0 Å². The average molecular weight is 342 g/mol. The number of aliphatic hydroxyl groups is 1. The fourth-order valence-electron chi connectivity index (χ4n) is 3.03. The van der Waals surface area contributed by atoms with Crippen LogP contribution in [0.5, 0.6) is 0 Å². The van der Waals surface area contributed by atoms with Gasteiger partial charge in [0.25, 0.3) is 5.91 Å². The third-order valence-electron chi connectivity index (χ3n) is 4.41. The first-order valence-electron chi connectivity index (χ1n) is 8.43. The molecule has 0 spiro atoms. The van der Waals surface area contributed by atoms with Crippen LogP contribution in [0.25, 0.3) is 0 Å². The van der Waals surface area contributed by atoms with Gasteiger partial charge in [0.05, 0.1) is 12.4 Å². The van der Waals surface area contributed by atoms with Gasteiger partial charge in [-0.3, -0.25) is 9.59 Å². The molecule has 2 atom stereocenters. The molecule has 6 heteroatoms. The number of benzene rings is 1. The van der Waals surface area contributed by atoms with Gasteiger partial charge in [-0.1, -0.05) is 24.3 Å². The Labute approximate surface area is 146 Å². The van der Waals surface area contributed by atoms with Crippen LogP contribution in [0.2, 0.25) is 0 Å². The van der Waals surface area contributed by atoms with E-state index in [0.29, 0.717) is 25.9 Å². The second-order valence-electron chi connectivity index (χ2n) is 6.33. The van der Waals surface area contributed by atoms with Crippen molar-refractivity contribution in [1.82, 2.24) is 10.2 Å². The van der Waals surface area contributed by atoms with Crippen LogP contribution in [0.4, 0.5) is 0 Å². The van der Waals surface area contributed by atoms with Gasteiger partial charge in [-0.15, -0.1) is 0 Å². The van der Waals surface area contributed by atoms with Crippen molar-refractivity contribution < 1.29 is 19.1 Å². The third-order valence-corrected chi connectivity index (χ3v) is 4.41. The van der Waals surface area contributed by atoms with Gasteiger partial charge in [-0.2, -0.15) is 0 Å². The van der Waals surface area contributed by atoms with E-state index in [0.717, 1.165) is 11.1 Å². The maximum Gasteiger partial charge on any atom is 0.290 e. The summed E-state index contributed by atoms with van der Waals surface area (Å²) >= 11 is 0. The molecule has 3 rings (SSSR count). The lowest BCUT2D eigenvalue weighted by molar-refractivity contribution is -0.126. The minimum atomic E-state index is -0.596. The standard InChI is InChI=1S/C19H22N2O4/c1-13(22)8-9-20-18(23)16-11-14-5-2-3-6-15(14)12-21(16)19(24)17-7-4-10-25-17/h2-7,10,13,16,22H,8-9,11-12H2,1H3,(H,20,23). The Balaban J connectivity index is 1.81. The fourth-order valence-corrected chi connectivity index (χ4v) is 3.03. The molecule has 0 aliphatic carbocycles. The van der Waals surface area contributed by atoms with Gasteiger partial charge in [-0.05, 0) is 36.6 Å². The zero-order valence-electron chi connectivity index (χ0n) is 14.1. The number of nitrogens with one attached hydrogen (secondary N) is 1. The van der Waals surface area contributed by atoms with Gasteiger partial charge in [0.1, 0.15) is 6.04 Å². The van der Waals surface area contributed by atoms with E-state index < -0.39 is 12.1 Å². The van der Waals surface area contributed by atoms with Crippen LogP contribution in [-0.2, 0) is 17.8 Å². The van der Waals surface area contributed by atoms with E-state index in [4.69, 9.17) is 4.42 Å². The summed E-state index contributed by atoms with van der Waals surface area (Å²) in [4.78, 5) is 27.0. The smallest absolute Gasteiger partial charge is 0.290 e. The highest BCUT2D eigenvalue weighted by Gasteiger charge is 2.35. The number of carbonyl (C=O) groups excluding carboxylic acids is 2. The number of carbonyl (C=O) groups is 2. The van der Waals surface area contributed by atoms with Crippen molar-refractivity contribution in [1.29, 1.82) is 0 Å². The topological polar surface area (TPSA) is 82.8 Å². The number of hydrogen-bond acceptors (Lipinski definition) is 4. The molecule has 2 N–H and O–H groups in total. The van der Waals surface area contributed by atoms with Crippen LogP contribution in [0.3, 0.4) is 0 Å². The van der Waals surface area contributed by atoms with Crippen molar-refractivity contribution in [3.63, 3.8) is 0 Å². The summed E-state index contributed by atoms with van der Waals surface area (Å²) < 4.78 is 5.22. The van der Waals surface area contributed by atoms with Crippen LogP contribution in [0.1, 0.15) is 35.0 Å². The summed E-state index contributed by atoms with van der Waals surface area (Å²) in [5, 5.41) is 12.2. The molecule has 1 aliphatic rings. The summed E-state index contributed by atoms with van der Waals surface area (Å²) in [6.45, 7) is 2.41. The molecule has 0 radical (unpaired) electrons. The van der Waals surface area contributed by atoms with E-state index in [9.17, 15) is 14.7 Å². The Morgan fingerprint density at radius 3 is 2.72 bits per heavy atom. The first-order chi connectivity index (χ1) is 12.1. The van der Waals surface area contributed by atoms with Crippen LogP contribution in [0, 0.1) is 0 Å². The maximum absolute atomic E-state index is 12.8. The Morgan fingerprint density at radius 1 is 1.28 bits per heavy atom. The minimum absolute atomic E-state index is 0.213. The Hall–Kier alpha value is -2.60. The molecule has 132 valence electrons. The first kappa shape index (κ1) is 17.2. The molecule has 0 fully saturated rings. The van der Waals surface area contributed by atoms with Crippen LogP contribution < -0.4 is 5.32 Å². The van der Waals surface area contributed by atoms with Gasteiger partial charge in [-0.25, -0.2) is 0 Å². The Morgan fingerprint density at radius 2 is 2.04 bits per heavy atom. The van der Waals surface area contributed by atoms with E-state index in [1.165, 1.54) is 6.26 Å². The highest BCUT2D eigenvalue weighted by atomic mass is 16.3. The molecule has 1 aromatic carbocycles. The van der Waals surface area contributed by atoms with Crippen molar-refractivity contribution in [2.24, 2.45) is 0 Å². The van der Waals surface area contributed by atoms with Crippen LogP contribution in [0.15, 0.2) is 47.1 Å². The summed E-state index contributed by atoms with van der Waals surface area (Å²) in [5.41, 5.74) is 2.11. The van der Waals surface area contributed by atoms with Crippen molar-refractivity contribution in [3.05, 3.63) is 59.5 Å². The third kappa shape index (κ3) is 3.91. The number of furan rings is 1. The lowest BCUT2D eigenvalue weighted by Crippen LogP contribution is -2.52. The monoisotopic (exact) mass is 342 g/mol. The molecule has 2 unspecified atom stereocenters. The number of fused-ring (bicyclic) bond motifs is 1. The summed E-state index contributed by atoms with van der Waals surface area (Å²) in [5.74, 6) is -0.286. The zero-order chi connectivity index (χ0) is 17.8. The molecule has 0 bridgehead atoms. The predicted octanol–water partition coefficient (Wildman–Crippen LogP) is 1.73. The minimum Gasteiger partial charge on any atom is -0.459 e. The second-order valence-corrected chi connectivity index (χ2v) is 6.33. The molecule has 2 aromatic rings. The average Bonchev–Trinajstić information content (AvgIpc) is 3.14. The fraction of sp³-hybridized carbons (Fsp3) is 0.368. The number of rotatable bonds is 5. The largest absolute Gasteiger partial charge is 0.459 e. The predicted molar refractivity (Wildman–Crippen MR) is 91.8 cm³/mol. The molecule has 2 heterocycles. The Bertz CT molecular complexity index is 740. The molecule has 6 nitrogen and oxygen atoms in total. The van der Waals surface area contributed by atoms with E-state index in [1.807, 2.05) is 24.3 Å². The molecule has 0 saturated carbocycles. The van der Waals surface area contributed by atoms with Gasteiger partial charge < -0.3 is 19.7 Å². The summed E-state index contributed by atoms with van der Waals surface area (Å²) in [7, 11) is 0. The van der Waals surface area contributed by atoms with E-state index >= 15 is 0 Å². The highest BCUT2D eigenvalue weighted by Crippen LogP contribution is 2.25. The number of amides is 2. The molecule has 1 aliphatic heterocycles. The SMILES string of the molecule is CC(O)CCNC(=O)C1Cc2ccccc2CN1C(=O)c1ccco1. The summed E-state index contributed by atoms with van der Waals surface area (Å²) in [6.07, 6.45) is 1.90. The normalized spacial score (nSPS) is 17.7. The quantitative estimate of drug-likeness (QED) is 0.867. The summed E-state index contributed by atoms with van der Waals surface area (Å²) in [6, 6.07) is 10.5. The van der Waals surface area contributed by atoms with Gasteiger partial charge in [0, 0.05) is 19.5 Å². The van der Waals surface area contributed by atoms with Crippen molar-refractivity contribution in [3.8, 4) is 0 Å².